The Bertz CT molecular complexity index is 555. The van der Waals surface area contributed by atoms with E-state index in [0.29, 0.717) is 6.54 Å². The Kier molecular flexibility index (Phi) is 5.71. The quantitative estimate of drug-likeness (QED) is 0.765. The number of nitrogens with one attached hydrogen (secondary N) is 2. The molecule has 1 unspecified atom stereocenters. The van der Waals surface area contributed by atoms with Crippen molar-refractivity contribution in [1.82, 2.24) is 10.0 Å². The van der Waals surface area contributed by atoms with E-state index in [4.69, 9.17) is 0 Å². The summed E-state index contributed by atoms with van der Waals surface area (Å²) in [6.45, 7) is 5.24. The van der Waals surface area contributed by atoms with Gasteiger partial charge in [0, 0.05) is 11.0 Å². The van der Waals surface area contributed by atoms with Gasteiger partial charge in [0.05, 0.1) is 10.9 Å². The highest BCUT2D eigenvalue weighted by Crippen LogP contribution is 2.14. The van der Waals surface area contributed by atoms with Crippen molar-refractivity contribution in [2.75, 3.05) is 6.54 Å². The first-order valence-electron chi connectivity index (χ1n) is 5.53. The fraction of sp³-hybridized carbons (Fsp3) is 0.250. The van der Waals surface area contributed by atoms with Gasteiger partial charge < -0.3 is 5.32 Å². The van der Waals surface area contributed by atoms with Crippen molar-refractivity contribution in [3.8, 4) is 0 Å². The first-order valence-corrected chi connectivity index (χ1v) is 7.81. The Hall–Kier alpha value is -1.18. The van der Waals surface area contributed by atoms with Gasteiger partial charge in [0.2, 0.25) is 15.9 Å². The molecule has 0 aliphatic carbocycles. The number of hydrogen-bond donors (Lipinski definition) is 2. The lowest BCUT2D eigenvalue weighted by atomic mass is 10.3. The fourth-order valence-corrected chi connectivity index (χ4v) is 2.76. The first-order chi connectivity index (χ1) is 8.86. The predicted molar refractivity (Wildman–Crippen MR) is 77.1 cm³/mol. The first kappa shape index (κ1) is 15.9. The Morgan fingerprint density at radius 1 is 1.42 bits per heavy atom. The molecule has 0 heterocycles. The molecular weight excluding hydrogens is 332 g/mol. The highest BCUT2D eigenvalue weighted by atomic mass is 79.9. The fourth-order valence-electron chi connectivity index (χ4n) is 1.29. The molecule has 1 aromatic rings. The van der Waals surface area contributed by atoms with Crippen LogP contribution < -0.4 is 10.0 Å². The van der Waals surface area contributed by atoms with Crippen LogP contribution in [0.25, 0.3) is 0 Å². The Balaban J connectivity index is 2.76. The van der Waals surface area contributed by atoms with E-state index >= 15 is 0 Å². The Labute approximate surface area is 121 Å². The second kappa shape index (κ2) is 6.83. The average molecular weight is 347 g/mol. The van der Waals surface area contributed by atoms with Gasteiger partial charge in [0.1, 0.15) is 0 Å². The van der Waals surface area contributed by atoms with E-state index in [-0.39, 0.29) is 4.90 Å². The molecule has 104 valence electrons. The SMILES string of the molecule is C=CCNC(=O)C(C)NS(=O)(=O)c1ccc(Br)cc1. The molecule has 0 aromatic heterocycles. The smallest absolute Gasteiger partial charge is 0.241 e. The number of carbonyl (C=O) groups is 1. The average Bonchev–Trinajstić information content (AvgIpc) is 2.35. The lowest BCUT2D eigenvalue weighted by Gasteiger charge is -2.13. The zero-order valence-corrected chi connectivity index (χ0v) is 12.8. The van der Waals surface area contributed by atoms with E-state index in [0.717, 1.165) is 4.47 Å². The third kappa shape index (κ3) is 4.77. The molecule has 1 aromatic carbocycles. The van der Waals surface area contributed by atoms with Crippen LogP contribution in [0.2, 0.25) is 0 Å². The molecule has 0 saturated carbocycles. The molecule has 0 fully saturated rings. The third-order valence-electron chi connectivity index (χ3n) is 2.27. The molecule has 0 saturated heterocycles. The maximum Gasteiger partial charge on any atom is 0.241 e. The maximum absolute atomic E-state index is 12.0. The summed E-state index contributed by atoms with van der Waals surface area (Å²) >= 11 is 3.23. The summed E-state index contributed by atoms with van der Waals surface area (Å²) < 4.78 is 27.1. The lowest BCUT2D eigenvalue weighted by Crippen LogP contribution is -2.44. The molecular formula is C12H15BrN2O3S. The normalized spacial score (nSPS) is 12.7. The number of benzene rings is 1. The van der Waals surface area contributed by atoms with Crippen LogP contribution in [0.3, 0.4) is 0 Å². The van der Waals surface area contributed by atoms with Crippen LogP contribution in [-0.2, 0) is 14.8 Å². The lowest BCUT2D eigenvalue weighted by molar-refractivity contribution is -0.122. The number of amides is 1. The zero-order valence-electron chi connectivity index (χ0n) is 10.4. The van der Waals surface area contributed by atoms with Crippen LogP contribution in [-0.4, -0.2) is 26.9 Å². The number of rotatable bonds is 6. The summed E-state index contributed by atoms with van der Waals surface area (Å²) in [6, 6.07) is 5.31. The van der Waals surface area contributed by atoms with Gasteiger partial charge in [-0.05, 0) is 31.2 Å². The van der Waals surface area contributed by atoms with Crippen molar-refractivity contribution in [1.29, 1.82) is 0 Å². The van der Waals surface area contributed by atoms with Gasteiger partial charge in [0.15, 0.2) is 0 Å². The van der Waals surface area contributed by atoms with Gasteiger partial charge in [-0.3, -0.25) is 4.79 Å². The topological polar surface area (TPSA) is 75.3 Å². The molecule has 0 aliphatic heterocycles. The van der Waals surface area contributed by atoms with E-state index in [2.05, 4.69) is 32.5 Å². The molecule has 0 aliphatic rings. The number of halogens is 1. The minimum atomic E-state index is -3.70. The van der Waals surface area contributed by atoms with Crippen molar-refractivity contribution < 1.29 is 13.2 Å². The van der Waals surface area contributed by atoms with E-state index < -0.39 is 22.0 Å². The minimum Gasteiger partial charge on any atom is -0.351 e. The van der Waals surface area contributed by atoms with Crippen LogP contribution in [0, 0.1) is 0 Å². The van der Waals surface area contributed by atoms with Crippen molar-refractivity contribution in [2.24, 2.45) is 0 Å². The van der Waals surface area contributed by atoms with Crippen LogP contribution in [0.5, 0.6) is 0 Å². The van der Waals surface area contributed by atoms with Crippen LogP contribution in [0.1, 0.15) is 6.92 Å². The number of hydrogen-bond acceptors (Lipinski definition) is 3. The van der Waals surface area contributed by atoms with Crippen molar-refractivity contribution in [3.63, 3.8) is 0 Å². The Morgan fingerprint density at radius 3 is 2.53 bits per heavy atom. The number of sulfonamides is 1. The molecule has 0 bridgehead atoms. The van der Waals surface area contributed by atoms with Gasteiger partial charge in [-0.15, -0.1) is 6.58 Å². The van der Waals surface area contributed by atoms with Gasteiger partial charge >= 0.3 is 0 Å². The van der Waals surface area contributed by atoms with Gasteiger partial charge in [-0.1, -0.05) is 22.0 Å². The monoisotopic (exact) mass is 346 g/mol. The van der Waals surface area contributed by atoms with E-state index in [1.807, 2.05) is 0 Å². The summed E-state index contributed by atoms with van der Waals surface area (Å²) in [7, 11) is -3.70. The zero-order chi connectivity index (χ0) is 14.5. The largest absolute Gasteiger partial charge is 0.351 e. The second-order valence-corrected chi connectivity index (χ2v) is 6.46. The summed E-state index contributed by atoms with van der Waals surface area (Å²) in [4.78, 5) is 11.7. The molecule has 5 nitrogen and oxygen atoms in total. The molecule has 1 amide bonds. The summed E-state index contributed by atoms with van der Waals surface area (Å²) in [5.74, 6) is -0.402. The van der Waals surface area contributed by atoms with Gasteiger partial charge in [-0.25, -0.2) is 8.42 Å². The molecule has 19 heavy (non-hydrogen) atoms. The third-order valence-corrected chi connectivity index (χ3v) is 4.36. The van der Waals surface area contributed by atoms with E-state index in [1.54, 1.807) is 12.1 Å². The minimum absolute atomic E-state index is 0.110. The second-order valence-electron chi connectivity index (χ2n) is 3.83. The molecule has 7 heteroatoms. The van der Waals surface area contributed by atoms with Crippen molar-refractivity contribution >= 4 is 31.9 Å². The summed E-state index contributed by atoms with van der Waals surface area (Å²) in [6.07, 6.45) is 1.52. The van der Waals surface area contributed by atoms with Crippen molar-refractivity contribution in [3.05, 3.63) is 41.4 Å². The standard InChI is InChI=1S/C12H15BrN2O3S/c1-3-8-14-12(16)9(2)15-19(17,18)11-6-4-10(13)5-7-11/h3-7,9,15H,1,8H2,2H3,(H,14,16). The predicted octanol–water partition coefficient (Wildman–Crippen LogP) is 1.42. The van der Waals surface area contributed by atoms with Crippen molar-refractivity contribution in [2.45, 2.75) is 17.9 Å². The van der Waals surface area contributed by atoms with Crippen LogP contribution >= 0.6 is 15.9 Å². The van der Waals surface area contributed by atoms with Crippen LogP contribution in [0.15, 0.2) is 46.3 Å². The molecule has 1 atom stereocenters. The maximum atomic E-state index is 12.0. The highest BCUT2D eigenvalue weighted by molar-refractivity contribution is 9.10. The molecule has 2 N–H and O–H groups in total. The summed E-state index contributed by atoms with van der Waals surface area (Å²) in [5.41, 5.74) is 0. The molecule has 1 rings (SSSR count). The number of carbonyl (C=O) groups excluding carboxylic acids is 1. The molecule has 0 spiro atoms. The Morgan fingerprint density at radius 2 is 2.00 bits per heavy atom. The summed E-state index contributed by atoms with van der Waals surface area (Å²) in [5, 5.41) is 2.52. The van der Waals surface area contributed by atoms with Crippen LogP contribution in [0.4, 0.5) is 0 Å². The van der Waals surface area contributed by atoms with E-state index in [9.17, 15) is 13.2 Å². The van der Waals surface area contributed by atoms with E-state index in [1.165, 1.54) is 25.1 Å². The van der Waals surface area contributed by atoms with Gasteiger partial charge in [0.25, 0.3) is 0 Å². The van der Waals surface area contributed by atoms with Gasteiger partial charge in [-0.2, -0.15) is 4.72 Å². The highest BCUT2D eigenvalue weighted by Gasteiger charge is 2.21. The molecule has 0 radical (unpaired) electrons.